The molecule has 12 heavy (non-hydrogen) atoms. The van der Waals surface area contributed by atoms with Crippen LogP contribution < -0.4 is 0 Å². The van der Waals surface area contributed by atoms with Gasteiger partial charge in [0.05, 0.1) is 5.69 Å². The van der Waals surface area contributed by atoms with Gasteiger partial charge in [0, 0.05) is 6.04 Å². The van der Waals surface area contributed by atoms with Crippen molar-refractivity contribution in [1.82, 2.24) is 9.55 Å². The van der Waals surface area contributed by atoms with E-state index in [1.54, 1.807) is 0 Å². The summed E-state index contributed by atoms with van der Waals surface area (Å²) in [5.74, 6) is 0.978. The Kier molecular flexibility index (Phi) is 1.44. The third-order valence-corrected chi connectivity index (χ3v) is 2.28. The summed E-state index contributed by atoms with van der Waals surface area (Å²) in [6, 6.07) is 2.76. The lowest BCUT2D eigenvalue weighted by atomic mass is 10.3. The maximum atomic E-state index is 8.88. The average molecular weight is 161 g/mol. The smallest absolute Gasteiger partial charge is 0.143 e. The molecule has 1 aromatic rings. The van der Waals surface area contributed by atoms with Gasteiger partial charge in [0.1, 0.15) is 17.6 Å². The molecule has 1 fully saturated rings. The lowest BCUT2D eigenvalue weighted by Gasteiger charge is -2.01. The predicted molar refractivity (Wildman–Crippen MR) is 44.7 cm³/mol. The van der Waals surface area contributed by atoms with E-state index in [1.807, 2.05) is 13.8 Å². The molecule has 0 aliphatic heterocycles. The second kappa shape index (κ2) is 2.34. The zero-order valence-electron chi connectivity index (χ0n) is 7.33. The molecule has 62 valence electrons. The lowest BCUT2D eigenvalue weighted by molar-refractivity contribution is 0.702. The highest BCUT2D eigenvalue weighted by molar-refractivity contribution is 5.29. The first-order valence-corrected chi connectivity index (χ1v) is 4.19. The van der Waals surface area contributed by atoms with Gasteiger partial charge in [-0.15, -0.1) is 0 Å². The van der Waals surface area contributed by atoms with Crippen molar-refractivity contribution in [3.8, 4) is 6.07 Å². The summed E-state index contributed by atoms with van der Waals surface area (Å²) in [6.07, 6.45) is 2.40. The normalized spacial score (nSPS) is 16.1. The molecule has 0 atom stereocenters. The summed E-state index contributed by atoms with van der Waals surface area (Å²) in [5, 5.41) is 8.88. The highest BCUT2D eigenvalue weighted by atomic mass is 15.1. The Hall–Kier alpha value is -1.30. The zero-order valence-corrected chi connectivity index (χ0v) is 7.33. The maximum Gasteiger partial charge on any atom is 0.143 e. The van der Waals surface area contributed by atoms with Gasteiger partial charge in [-0.25, -0.2) is 4.98 Å². The fourth-order valence-electron chi connectivity index (χ4n) is 1.60. The van der Waals surface area contributed by atoms with Gasteiger partial charge >= 0.3 is 0 Å². The van der Waals surface area contributed by atoms with Crippen LogP contribution in [0, 0.1) is 25.2 Å². The molecule has 1 heterocycles. The summed E-state index contributed by atoms with van der Waals surface area (Å²) in [6.45, 7) is 3.86. The van der Waals surface area contributed by atoms with E-state index in [2.05, 4.69) is 15.6 Å². The Labute approximate surface area is 71.6 Å². The highest BCUT2D eigenvalue weighted by Crippen LogP contribution is 2.37. The van der Waals surface area contributed by atoms with Crippen molar-refractivity contribution < 1.29 is 0 Å². The van der Waals surface area contributed by atoms with E-state index in [1.165, 1.54) is 12.8 Å². The minimum Gasteiger partial charge on any atom is -0.317 e. The topological polar surface area (TPSA) is 41.6 Å². The summed E-state index contributed by atoms with van der Waals surface area (Å²) in [7, 11) is 0. The zero-order chi connectivity index (χ0) is 8.72. The maximum absolute atomic E-state index is 8.88. The molecule has 3 nitrogen and oxygen atoms in total. The minimum absolute atomic E-state index is 0.556. The largest absolute Gasteiger partial charge is 0.317 e. The number of rotatable bonds is 1. The van der Waals surface area contributed by atoms with Crippen LogP contribution in [0.25, 0.3) is 0 Å². The Morgan fingerprint density at radius 1 is 1.50 bits per heavy atom. The van der Waals surface area contributed by atoms with Crippen LogP contribution in [0.5, 0.6) is 0 Å². The summed E-state index contributed by atoms with van der Waals surface area (Å²) >= 11 is 0. The van der Waals surface area contributed by atoms with Crippen LogP contribution in [0.4, 0.5) is 0 Å². The molecule has 0 saturated heterocycles. The van der Waals surface area contributed by atoms with E-state index in [-0.39, 0.29) is 0 Å². The number of aromatic nitrogens is 2. The number of hydrogen-bond donors (Lipinski definition) is 0. The SMILES string of the molecule is Cc1nc(C)n(C2CC2)c1C#N. The van der Waals surface area contributed by atoms with Crippen LogP contribution in [0.15, 0.2) is 0 Å². The summed E-state index contributed by atoms with van der Waals surface area (Å²) in [4.78, 5) is 4.28. The molecule has 0 bridgehead atoms. The van der Waals surface area contributed by atoms with Crippen molar-refractivity contribution >= 4 is 0 Å². The van der Waals surface area contributed by atoms with Crippen molar-refractivity contribution in [2.24, 2.45) is 0 Å². The Balaban J connectivity index is 2.56. The van der Waals surface area contributed by atoms with E-state index in [9.17, 15) is 0 Å². The quantitative estimate of drug-likeness (QED) is 0.629. The van der Waals surface area contributed by atoms with E-state index >= 15 is 0 Å². The number of imidazole rings is 1. The Morgan fingerprint density at radius 2 is 2.17 bits per heavy atom. The summed E-state index contributed by atoms with van der Waals surface area (Å²) in [5.41, 5.74) is 1.61. The monoisotopic (exact) mass is 161 g/mol. The van der Waals surface area contributed by atoms with Gasteiger partial charge in [0.2, 0.25) is 0 Å². The summed E-state index contributed by atoms with van der Waals surface area (Å²) < 4.78 is 2.06. The molecule has 0 unspecified atom stereocenters. The van der Waals surface area contributed by atoms with Gasteiger partial charge in [0.25, 0.3) is 0 Å². The number of nitriles is 1. The van der Waals surface area contributed by atoms with Gasteiger partial charge < -0.3 is 4.57 Å². The predicted octanol–water partition coefficient (Wildman–Crippen LogP) is 1.71. The molecule has 1 aliphatic rings. The lowest BCUT2D eigenvalue weighted by Crippen LogP contribution is -1.99. The molecule has 0 aromatic carbocycles. The van der Waals surface area contributed by atoms with Crippen molar-refractivity contribution in [2.75, 3.05) is 0 Å². The molecule has 1 aliphatic carbocycles. The fourth-order valence-corrected chi connectivity index (χ4v) is 1.60. The number of hydrogen-bond acceptors (Lipinski definition) is 2. The minimum atomic E-state index is 0.556. The third-order valence-electron chi connectivity index (χ3n) is 2.28. The second-order valence-corrected chi connectivity index (χ2v) is 3.31. The molecule has 1 aromatic heterocycles. The van der Waals surface area contributed by atoms with Gasteiger partial charge in [-0.05, 0) is 26.7 Å². The first-order chi connectivity index (χ1) is 5.74. The van der Waals surface area contributed by atoms with Crippen LogP contribution in [0.2, 0.25) is 0 Å². The van der Waals surface area contributed by atoms with Crippen LogP contribution in [0.1, 0.15) is 36.1 Å². The molecule has 2 rings (SSSR count). The first kappa shape index (κ1) is 7.35. The van der Waals surface area contributed by atoms with Crippen LogP contribution in [-0.4, -0.2) is 9.55 Å². The van der Waals surface area contributed by atoms with Gasteiger partial charge in [-0.1, -0.05) is 0 Å². The number of aryl methyl sites for hydroxylation is 2. The first-order valence-electron chi connectivity index (χ1n) is 4.19. The van der Waals surface area contributed by atoms with Crippen molar-refractivity contribution in [3.63, 3.8) is 0 Å². The number of nitrogens with zero attached hydrogens (tertiary/aromatic N) is 3. The average Bonchev–Trinajstić information content (AvgIpc) is 2.78. The van der Waals surface area contributed by atoms with E-state index < -0.39 is 0 Å². The fraction of sp³-hybridized carbons (Fsp3) is 0.556. The van der Waals surface area contributed by atoms with Crippen molar-refractivity contribution in [3.05, 3.63) is 17.2 Å². The van der Waals surface area contributed by atoms with Crippen molar-refractivity contribution in [2.45, 2.75) is 32.7 Å². The van der Waals surface area contributed by atoms with Crippen LogP contribution >= 0.6 is 0 Å². The van der Waals surface area contributed by atoms with Gasteiger partial charge in [-0.2, -0.15) is 5.26 Å². The highest BCUT2D eigenvalue weighted by Gasteiger charge is 2.28. The molecular weight excluding hydrogens is 150 g/mol. The molecule has 3 heteroatoms. The van der Waals surface area contributed by atoms with E-state index in [4.69, 9.17) is 5.26 Å². The van der Waals surface area contributed by atoms with Crippen LogP contribution in [0.3, 0.4) is 0 Å². The Morgan fingerprint density at radius 3 is 2.67 bits per heavy atom. The van der Waals surface area contributed by atoms with Crippen molar-refractivity contribution in [1.29, 1.82) is 5.26 Å². The van der Waals surface area contributed by atoms with Gasteiger partial charge in [-0.3, -0.25) is 0 Å². The second-order valence-electron chi connectivity index (χ2n) is 3.31. The van der Waals surface area contributed by atoms with E-state index in [0.717, 1.165) is 17.2 Å². The molecule has 0 radical (unpaired) electrons. The third kappa shape index (κ3) is 0.918. The Bertz CT molecular complexity index is 353. The molecular formula is C9H11N3. The van der Waals surface area contributed by atoms with Gasteiger partial charge in [0.15, 0.2) is 0 Å². The van der Waals surface area contributed by atoms with Crippen LogP contribution in [-0.2, 0) is 0 Å². The van der Waals surface area contributed by atoms with E-state index in [0.29, 0.717) is 6.04 Å². The molecule has 0 amide bonds. The molecule has 0 spiro atoms. The molecule has 0 N–H and O–H groups in total. The molecule has 1 saturated carbocycles. The standard InChI is InChI=1S/C9H11N3/c1-6-9(5-10)12(7(2)11-6)8-3-4-8/h8H,3-4H2,1-2H3.